The fourth-order valence-corrected chi connectivity index (χ4v) is 3.91. The van der Waals surface area contributed by atoms with Gasteiger partial charge in [0.25, 0.3) is 0 Å². The maximum atomic E-state index is 13.3. The molecule has 0 amide bonds. The fraction of sp³-hybridized carbons (Fsp3) is 0.318. The van der Waals surface area contributed by atoms with E-state index in [2.05, 4.69) is 25.5 Å². The van der Waals surface area contributed by atoms with Crippen LogP contribution in [-0.4, -0.2) is 35.6 Å². The molecule has 3 aromatic rings. The van der Waals surface area contributed by atoms with Gasteiger partial charge in [0, 0.05) is 35.9 Å². The first-order valence-corrected chi connectivity index (χ1v) is 10.2. The van der Waals surface area contributed by atoms with Crippen LogP contribution in [-0.2, 0) is 6.18 Å². The molecule has 1 saturated heterocycles. The van der Waals surface area contributed by atoms with Crippen LogP contribution < -0.4 is 21.3 Å². The number of halogens is 3. The lowest BCUT2D eigenvalue weighted by Crippen LogP contribution is -2.32. The van der Waals surface area contributed by atoms with Crippen LogP contribution in [0.25, 0.3) is 10.9 Å². The lowest BCUT2D eigenvalue weighted by atomic mass is 10.1. The van der Waals surface area contributed by atoms with E-state index in [0.717, 1.165) is 31.6 Å². The molecule has 1 aliphatic heterocycles. The van der Waals surface area contributed by atoms with Gasteiger partial charge in [-0.25, -0.2) is 4.98 Å². The summed E-state index contributed by atoms with van der Waals surface area (Å²) in [6, 6.07) is 10.5. The molecule has 32 heavy (non-hydrogen) atoms. The van der Waals surface area contributed by atoms with Crippen molar-refractivity contribution < 1.29 is 13.2 Å². The summed E-state index contributed by atoms with van der Waals surface area (Å²) in [4.78, 5) is 11.0. The highest BCUT2D eigenvalue weighted by Crippen LogP contribution is 2.35. The zero-order chi connectivity index (χ0) is 22.9. The Balaban J connectivity index is 1.79. The van der Waals surface area contributed by atoms with Crippen molar-refractivity contribution in [2.45, 2.75) is 25.6 Å². The number of hydrogen-bond acceptors (Lipinski definition) is 7. The van der Waals surface area contributed by atoms with E-state index in [1.807, 2.05) is 13.0 Å². The number of likely N-dealkylation sites (N-methyl/N-ethyl adjacent to an activating group) is 1. The summed E-state index contributed by atoms with van der Waals surface area (Å²) in [6.07, 6.45) is -3.57. The van der Waals surface area contributed by atoms with Crippen molar-refractivity contribution in [1.29, 1.82) is 5.26 Å². The molecule has 1 aromatic heterocycles. The highest BCUT2D eigenvalue weighted by atomic mass is 19.4. The second kappa shape index (κ2) is 8.51. The number of aromatic nitrogens is 2. The number of nitrogens with zero attached hydrogens (tertiary/aromatic N) is 4. The van der Waals surface area contributed by atoms with E-state index in [-0.39, 0.29) is 17.5 Å². The van der Waals surface area contributed by atoms with Crippen LogP contribution in [0.1, 0.15) is 24.5 Å². The van der Waals surface area contributed by atoms with E-state index in [0.29, 0.717) is 34.7 Å². The molecule has 10 heteroatoms. The maximum absolute atomic E-state index is 13.3. The van der Waals surface area contributed by atoms with E-state index in [1.54, 1.807) is 12.1 Å². The number of anilines is 4. The Bertz CT molecular complexity index is 1190. The molecule has 0 bridgehead atoms. The second-order valence-electron chi connectivity index (χ2n) is 7.67. The van der Waals surface area contributed by atoms with Crippen molar-refractivity contribution >= 4 is 34.0 Å². The predicted octanol–water partition coefficient (Wildman–Crippen LogP) is 4.03. The zero-order valence-corrected chi connectivity index (χ0v) is 17.4. The van der Waals surface area contributed by atoms with E-state index < -0.39 is 11.7 Å². The summed E-state index contributed by atoms with van der Waals surface area (Å²) in [6.45, 7) is 4.28. The van der Waals surface area contributed by atoms with Crippen molar-refractivity contribution in [2.24, 2.45) is 0 Å². The van der Waals surface area contributed by atoms with Crippen LogP contribution in [0.3, 0.4) is 0 Å². The average molecular weight is 441 g/mol. The minimum atomic E-state index is -4.48. The summed E-state index contributed by atoms with van der Waals surface area (Å²) in [7, 11) is 0. The predicted molar refractivity (Wildman–Crippen MR) is 118 cm³/mol. The summed E-state index contributed by atoms with van der Waals surface area (Å²) < 4.78 is 39.9. The Morgan fingerprint density at radius 1 is 1.22 bits per heavy atom. The Morgan fingerprint density at radius 2 is 2.03 bits per heavy atom. The molecular weight excluding hydrogens is 419 g/mol. The van der Waals surface area contributed by atoms with Gasteiger partial charge in [0.15, 0.2) is 0 Å². The number of rotatable bonds is 5. The van der Waals surface area contributed by atoms with E-state index in [9.17, 15) is 18.4 Å². The maximum Gasteiger partial charge on any atom is 0.416 e. The van der Waals surface area contributed by atoms with Gasteiger partial charge >= 0.3 is 6.18 Å². The van der Waals surface area contributed by atoms with Crippen molar-refractivity contribution in [3.05, 3.63) is 47.5 Å². The fourth-order valence-electron chi connectivity index (χ4n) is 3.91. The smallest absolute Gasteiger partial charge is 0.399 e. The molecule has 4 rings (SSSR count). The summed E-state index contributed by atoms with van der Waals surface area (Å²) in [5.74, 6) is 0.698. The topological polar surface area (TPSA) is 103 Å². The average Bonchev–Trinajstić information content (AvgIpc) is 3.20. The van der Waals surface area contributed by atoms with Crippen LogP contribution in [0.4, 0.5) is 36.3 Å². The lowest BCUT2D eigenvalue weighted by molar-refractivity contribution is -0.137. The lowest BCUT2D eigenvalue weighted by Gasteiger charge is -2.21. The number of alkyl halides is 3. The standard InChI is InChI=1S/C22H22F3N7/c1-2-28-16-5-6-32(12-16)20-18-4-3-14(22(23,24)25)9-19(18)30-21(31-20)29-17-8-13(11-26)7-15(27)10-17/h3-4,7-10,16,28H,2,5-6,12,27H2,1H3,(H,29,30,31)/t16-/m0/s1. The molecule has 1 fully saturated rings. The number of nitriles is 1. The molecular formula is C22H22F3N7. The van der Waals surface area contributed by atoms with Gasteiger partial charge in [-0.05, 0) is 49.4 Å². The highest BCUT2D eigenvalue weighted by molar-refractivity contribution is 5.91. The number of nitrogens with one attached hydrogen (secondary N) is 2. The molecule has 0 unspecified atom stereocenters. The van der Waals surface area contributed by atoms with Gasteiger partial charge in [-0.1, -0.05) is 6.92 Å². The van der Waals surface area contributed by atoms with Crippen LogP contribution >= 0.6 is 0 Å². The second-order valence-corrected chi connectivity index (χ2v) is 7.67. The Kier molecular flexibility index (Phi) is 5.76. The van der Waals surface area contributed by atoms with Gasteiger partial charge in [-0.15, -0.1) is 0 Å². The molecule has 1 atom stereocenters. The van der Waals surface area contributed by atoms with Crippen molar-refractivity contribution in [3.63, 3.8) is 0 Å². The number of nitrogen functional groups attached to an aromatic ring is 1. The van der Waals surface area contributed by atoms with Gasteiger partial charge < -0.3 is 21.3 Å². The SMILES string of the molecule is CCN[C@H]1CCN(c2nc(Nc3cc(N)cc(C#N)c3)nc3cc(C(F)(F)F)ccc23)C1. The van der Waals surface area contributed by atoms with Crippen LogP contribution in [0.5, 0.6) is 0 Å². The van der Waals surface area contributed by atoms with Crippen molar-refractivity contribution in [3.8, 4) is 6.07 Å². The largest absolute Gasteiger partial charge is 0.416 e. The van der Waals surface area contributed by atoms with Gasteiger partial charge in [-0.3, -0.25) is 0 Å². The Labute approximate surface area is 183 Å². The molecule has 0 aliphatic carbocycles. The number of benzene rings is 2. The molecule has 0 radical (unpaired) electrons. The third-order valence-electron chi connectivity index (χ3n) is 5.33. The Hall–Kier alpha value is -3.58. The van der Waals surface area contributed by atoms with Gasteiger partial charge in [0.1, 0.15) is 5.82 Å². The number of nitrogens with two attached hydrogens (primary N) is 1. The van der Waals surface area contributed by atoms with Gasteiger partial charge in [0.05, 0.1) is 22.7 Å². The summed E-state index contributed by atoms with van der Waals surface area (Å²) >= 11 is 0. The van der Waals surface area contributed by atoms with Crippen LogP contribution in [0, 0.1) is 11.3 Å². The van der Waals surface area contributed by atoms with Gasteiger partial charge in [0.2, 0.25) is 5.95 Å². The highest BCUT2D eigenvalue weighted by Gasteiger charge is 2.31. The minimum absolute atomic E-state index is 0.133. The number of hydrogen-bond donors (Lipinski definition) is 3. The van der Waals surface area contributed by atoms with Crippen LogP contribution in [0.2, 0.25) is 0 Å². The molecule has 0 spiro atoms. The summed E-state index contributed by atoms with van der Waals surface area (Å²) in [5.41, 5.74) is 6.46. The first kappa shape index (κ1) is 21.6. The summed E-state index contributed by atoms with van der Waals surface area (Å²) in [5, 5.41) is 16.1. The van der Waals surface area contributed by atoms with Gasteiger partial charge in [-0.2, -0.15) is 23.4 Å². The normalized spacial score (nSPS) is 16.3. The van der Waals surface area contributed by atoms with Crippen LogP contribution in [0.15, 0.2) is 36.4 Å². The molecule has 0 saturated carbocycles. The zero-order valence-electron chi connectivity index (χ0n) is 17.4. The quantitative estimate of drug-likeness (QED) is 0.514. The van der Waals surface area contributed by atoms with E-state index in [4.69, 9.17) is 5.73 Å². The number of fused-ring (bicyclic) bond motifs is 1. The molecule has 1 aliphatic rings. The van der Waals surface area contributed by atoms with E-state index >= 15 is 0 Å². The molecule has 166 valence electrons. The Morgan fingerprint density at radius 3 is 2.75 bits per heavy atom. The molecule has 7 nitrogen and oxygen atoms in total. The third-order valence-corrected chi connectivity index (χ3v) is 5.33. The molecule has 4 N–H and O–H groups in total. The monoisotopic (exact) mass is 441 g/mol. The molecule has 2 heterocycles. The van der Waals surface area contributed by atoms with Crippen molar-refractivity contribution in [1.82, 2.24) is 15.3 Å². The van der Waals surface area contributed by atoms with E-state index in [1.165, 1.54) is 12.1 Å². The van der Waals surface area contributed by atoms with Crippen molar-refractivity contribution in [2.75, 3.05) is 35.6 Å². The first-order valence-electron chi connectivity index (χ1n) is 10.2. The molecule has 2 aromatic carbocycles. The third kappa shape index (κ3) is 4.53. The minimum Gasteiger partial charge on any atom is -0.399 e. The first-order chi connectivity index (χ1) is 15.3.